The second-order valence-electron chi connectivity index (χ2n) is 7.22. The topological polar surface area (TPSA) is 105 Å². The van der Waals surface area contributed by atoms with E-state index in [0.29, 0.717) is 19.0 Å². The number of nitrogens with one attached hydrogen (secondary N) is 3. The van der Waals surface area contributed by atoms with Gasteiger partial charge in [-0.3, -0.25) is 9.67 Å². The van der Waals surface area contributed by atoms with Gasteiger partial charge in [0.15, 0.2) is 5.96 Å². The van der Waals surface area contributed by atoms with Crippen molar-refractivity contribution in [2.75, 3.05) is 13.6 Å². The number of ether oxygens (including phenoxy) is 1. The second kappa shape index (κ2) is 11.6. The minimum atomic E-state index is -0.563. The van der Waals surface area contributed by atoms with E-state index in [1.54, 1.807) is 11.7 Å². The third-order valence-corrected chi connectivity index (χ3v) is 3.81. The van der Waals surface area contributed by atoms with E-state index in [-0.39, 0.29) is 30.0 Å². The van der Waals surface area contributed by atoms with E-state index in [2.05, 4.69) is 31.0 Å². The van der Waals surface area contributed by atoms with Crippen LogP contribution in [-0.4, -0.2) is 46.0 Å². The Morgan fingerprint density at radius 3 is 2.48 bits per heavy atom. The molecule has 29 heavy (non-hydrogen) atoms. The van der Waals surface area contributed by atoms with Crippen molar-refractivity contribution >= 4 is 36.0 Å². The Labute approximate surface area is 188 Å². The molecule has 1 heterocycles. The average Bonchev–Trinajstić information content (AvgIpc) is 3.05. The number of benzene rings is 1. The smallest absolute Gasteiger partial charge is 0.408 e. The number of amides is 1. The third kappa shape index (κ3) is 8.67. The molecule has 1 amide bonds. The minimum Gasteiger partial charge on any atom is -0.444 e. The number of aryl methyl sites for hydroxylation is 1. The first kappa shape index (κ1) is 24.7. The first-order valence-electron chi connectivity index (χ1n) is 9.10. The van der Waals surface area contributed by atoms with Crippen LogP contribution < -0.4 is 16.0 Å². The minimum absolute atomic E-state index is 0. The third-order valence-electron chi connectivity index (χ3n) is 3.81. The molecule has 0 saturated carbocycles. The van der Waals surface area contributed by atoms with E-state index in [1.807, 2.05) is 58.2 Å². The summed E-state index contributed by atoms with van der Waals surface area (Å²) < 4.78 is 7.08. The highest BCUT2D eigenvalue weighted by Crippen LogP contribution is 2.14. The van der Waals surface area contributed by atoms with Crippen LogP contribution in [0.15, 0.2) is 41.7 Å². The van der Waals surface area contributed by atoms with Gasteiger partial charge in [0.1, 0.15) is 17.8 Å². The SMILES string of the molecule is CN=C(NCc1ncnn1C)NCC(NC(=O)OC(C)(C)C)c1ccccc1.I. The van der Waals surface area contributed by atoms with E-state index >= 15 is 0 Å². The lowest BCUT2D eigenvalue weighted by Crippen LogP contribution is -2.44. The summed E-state index contributed by atoms with van der Waals surface area (Å²) in [6, 6.07) is 9.42. The number of aromatic nitrogens is 3. The zero-order chi connectivity index (χ0) is 20.6. The van der Waals surface area contributed by atoms with Crippen molar-refractivity contribution in [1.29, 1.82) is 0 Å². The Kier molecular flexibility index (Phi) is 9.86. The molecule has 0 bridgehead atoms. The Hall–Kier alpha value is -2.37. The van der Waals surface area contributed by atoms with Crippen LogP contribution in [0.3, 0.4) is 0 Å². The van der Waals surface area contributed by atoms with Crippen LogP contribution in [0, 0.1) is 0 Å². The molecule has 0 aliphatic heterocycles. The van der Waals surface area contributed by atoms with E-state index in [0.717, 1.165) is 11.4 Å². The van der Waals surface area contributed by atoms with Crippen molar-refractivity contribution in [3.05, 3.63) is 48.0 Å². The fourth-order valence-electron chi connectivity index (χ4n) is 2.45. The second-order valence-corrected chi connectivity index (χ2v) is 7.22. The molecule has 0 aliphatic carbocycles. The lowest BCUT2D eigenvalue weighted by Gasteiger charge is -2.24. The Morgan fingerprint density at radius 1 is 1.24 bits per heavy atom. The van der Waals surface area contributed by atoms with Crippen LogP contribution in [0.4, 0.5) is 4.79 Å². The maximum absolute atomic E-state index is 12.3. The molecule has 2 rings (SSSR count). The van der Waals surface area contributed by atoms with Gasteiger partial charge in [-0.05, 0) is 26.3 Å². The standard InChI is InChI=1S/C19H29N7O2.HI/c1-19(2,3)28-18(27)25-15(14-9-7-6-8-10-14)11-21-17(20-4)22-12-16-23-13-24-26(16)5;/h6-10,13,15H,11-12H2,1-5H3,(H,25,27)(H2,20,21,22);1H. The summed E-state index contributed by atoms with van der Waals surface area (Å²) in [6.45, 7) is 6.41. The molecule has 160 valence electrons. The van der Waals surface area contributed by atoms with Gasteiger partial charge in [-0.1, -0.05) is 30.3 Å². The van der Waals surface area contributed by atoms with Crippen molar-refractivity contribution < 1.29 is 9.53 Å². The Morgan fingerprint density at radius 2 is 1.93 bits per heavy atom. The number of carbonyl (C=O) groups is 1. The average molecular weight is 515 g/mol. The van der Waals surface area contributed by atoms with Gasteiger partial charge in [-0.2, -0.15) is 5.10 Å². The molecule has 0 fully saturated rings. The van der Waals surface area contributed by atoms with Crippen LogP contribution in [0.2, 0.25) is 0 Å². The molecular weight excluding hydrogens is 485 g/mol. The molecule has 10 heteroatoms. The fourth-order valence-corrected chi connectivity index (χ4v) is 2.45. The monoisotopic (exact) mass is 515 g/mol. The van der Waals surface area contributed by atoms with Crippen molar-refractivity contribution in [2.45, 2.75) is 39.0 Å². The van der Waals surface area contributed by atoms with Gasteiger partial charge in [0.2, 0.25) is 0 Å². The van der Waals surface area contributed by atoms with Gasteiger partial charge >= 0.3 is 6.09 Å². The Bertz CT molecular complexity index is 787. The number of hydrogen-bond donors (Lipinski definition) is 3. The zero-order valence-corrected chi connectivity index (χ0v) is 19.8. The van der Waals surface area contributed by atoms with Crippen molar-refractivity contribution in [3.63, 3.8) is 0 Å². The van der Waals surface area contributed by atoms with Crippen LogP contribution in [0.5, 0.6) is 0 Å². The number of hydrogen-bond acceptors (Lipinski definition) is 5. The molecule has 1 aromatic carbocycles. The number of guanidine groups is 1. The molecule has 3 N–H and O–H groups in total. The molecule has 0 saturated heterocycles. The van der Waals surface area contributed by atoms with Gasteiger partial charge in [-0.15, -0.1) is 24.0 Å². The number of carbonyl (C=O) groups excluding carboxylic acids is 1. The predicted molar refractivity (Wildman–Crippen MR) is 123 cm³/mol. The predicted octanol–water partition coefficient (Wildman–Crippen LogP) is 2.36. The summed E-state index contributed by atoms with van der Waals surface area (Å²) in [5.74, 6) is 1.38. The van der Waals surface area contributed by atoms with Crippen LogP contribution in [-0.2, 0) is 18.3 Å². The molecule has 0 radical (unpaired) electrons. The molecule has 1 atom stereocenters. The highest BCUT2D eigenvalue weighted by Gasteiger charge is 2.20. The number of rotatable bonds is 6. The summed E-state index contributed by atoms with van der Waals surface area (Å²) in [5.41, 5.74) is 0.400. The molecule has 1 aromatic heterocycles. The van der Waals surface area contributed by atoms with E-state index in [4.69, 9.17) is 4.74 Å². The molecular formula is C19H30IN7O2. The van der Waals surface area contributed by atoms with Gasteiger partial charge in [-0.25, -0.2) is 9.78 Å². The number of nitrogens with zero attached hydrogens (tertiary/aromatic N) is 4. The van der Waals surface area contributed by atoms with Gasteiger partial charge in [0, 0.05) is 20.6 Å². The summed E-state index contributed by atoms with van der Waals surface area (Å²) >= 11 is 0. The Balaban J connectivity index is 0.00000420. The van der Waals surface area contributed by atoms with Crippen LogP contribution in [0.1, 0.15) is 38.2 Å². The molecule has 2 aromatic rings. The van der Waals surface area contributed by atoms with Gasteiger partial charge < -0.3 is 20.7 Å². The molecule has 0 aliphatic rings. The van der Waals surface area contributed by atoms with Crippen LogP contribution in [0.25, 0.3) is 0 Å². The molecule has 1 unspecified atom stereocenters. The molecule has 0 spiro atoms. The fraction of sp³-hybridized carbons (Fsp3) is 0.474. The van der Waals surface area contributed by atoms with Crippen LogP contribution >= 0.6 is 24.0 Å². The lowest BCUT2D eigenvalue weighted by atomic mass is 10.1. The summed E-state index contributed by atoms with van der Waals surface area (Å²) in [6.07, 6.45) is 1.04. The normalized spacial score (nSPS) is 12.5. The quantitative estimate of drug-likeness (QED) is 0.310. The van der Waals surface area contributed by atoms with Gasteiger partial charge in [0.05, 0.1) is 12.6 Å². The maximum Gasteiger partial charge on any atom is 0.408 e. The first-order chi connectivity index (χ1) is 13.3. The zero-order valence-electron chi connectivity index (χ0n) is 17.5. The van der Waals surface area contributed by atoms with E-state index in [1.165, 1.54) is 6.33 Å². The lowest BCUT2D eigenvalue weighted by molar-refractivity contribution is 0.0504. The summed E-state index contributed by atoms with van der Waals surface area (Å²) in [5, 5.41) is 13.4. The van der Waals surface area contributed by atoms with Crippen molar-refractivity contribution in [1.82, 2.24) is 30.7 Å². The highest BCUT2D eigenvalue weighted by atomic mass is 127. The largest absolute Gasteiger partial charge is 0.444 e. The number of halogens is 1. The molecule has 9 nitrogen and oxygen atoms in total. The van der Waals surface area contributed by atoms with E-state index < -0.39 is 11.7 Å². The first-order valence-corrected chi connectivity index (χ1v) is 9.10. The highest BCUT2D eigenvalue weighted by molar-refractivity contribution is 14.0. The summed E-state index contributed by atoms with van der Waals surface area (Å²) in [7, 11) is 3.52. The van der Waals surface area contributed by atoms with E-state index in [9.17, 15) is 4.79 Å². The van der Waals surface area contributed by atoms with Crippen molar-refractivity contribution in [2.24, 2.45) is 12.0 Å². The summed E-state index contributed by atoms with van der Waals surface area (Å²) in [4.78, 5) is 20.6. The number of alkyl carbamates (subject to hydrolysis) is 1. The number of aliphatic imine (C=N–C) groups is 1. The van der Waals surface area contributed by atoms with Gasteiger partial charge in [0.25, 0.3) is 0 Å². The maximum atomic E-state index is 12.3. The van der Waals surface area contributed by atoms with Crippen molar-refractivity contribution in [3.8, 4) is 0 Å².